The second kappa shape index (κ2) is 4.05. The molecule has 2 heterocycles. The highest BCUT2D eigenvalue weighted by molar-refractivity contribution is 7.98. The van der Waals surface area contributed by atoms with Crippen molar-refractivity contribution in [3.05, 3.63) is 16.6 Å². The smallest absolute Gasteiger partial charge is 0.127 e. The van der Waals surface area contributed by atoms with Gasteiger partial charge in [-0.25, -0.2) is 9.71 Å². The number of ether oxygens (including phenoxy) is 1. The van der Waals surface area contributed by atoms with Crippen LogP contribution in [0.2, 0.25) is 0 Å². The lowest BCUT2D eigenvalue weighted by atomic mass is 10.0. The van der Waals surface area contributed by atoms with E-state index in [0.717, 1.165) is 18.2 Å². The Bertz CT molecular complexity index is 315. The van der Waals surface area contributed by atoms with E-state index in [9.17, 15) is 0 Å². The van der Waals surface area contributed by atoms with Crippen LogP contribution in [0, 0.1) is 0 Å². The Balaban J connectivity index is 2.04. The van der Waals surface area contributed by atoms with Crippen LogP contribution in [0.3, 0.4) is 0 Å². The van der Waals surface area contributed by atoms with Gasteiger partial charge < -0.3 is 4.74 Å². The average Bonchev–Trinajstić information content (AvgIpc) is 2.53. The van der Waals surface area contributed by atoms with Crippen LogP contribution in [0.1, 0.15) is 25.8 Å². The average molecular weight is 244 g/mol. The van der Waals surface area contributed by atoms with Crippen LogP contribution in [0.25, 0.3) is 0 Å². The van der Waals surface area contributed by atoms with Crippen molar-refractivity contribution < 1.29 is 4.74 Å². The van der Waals surface area contributed by atoms with E-state index in [0.29, 0.717) is 0 Å². The minimum absolute atomic E-state index is 0.0495. The molecule has 0 aromatic carbocycles. The predicted octanol–water partition coefficient (Wildman–Crippen LogP) is 2.40. The van der Waals surface area contributed by atoms with E-state index in [1.165, 1.54) is 0 Å². The highest BCUT2D eigenvalue weighted by atomic mass is 32.2. The van der Waals surface area contributed by atoms with Gasteiger partial charge in [0.2, 0.25) is 0 Å². The number of nitrogens with zero attached hydrogens (tertiary/aromatic N) is 1. The number of rotatable bonds is 3. The SMILES string of the molecule is CC(C)(C)SNC1(c2nccs2)COC1. The van der Waals surface area contributed by atoms with E-state index in [2.05, 4.69) is 30.5 Å². The molecule has 5 heteroatoms. The molecule has 0 spiro atoms. The van der Waals surface area contributed by atoms with E-state index in [1.807, 2.05) is 11.6 Å². The third kappa shape index (κ3) is 2.53. The molecule has 1 aliphatic heterocycles. The fraction of sp³-hybridized carbons (Fsp3) is 0.700. The summed E-state index contributed by atoms with van der Waals surface area (Å²) in [5, 5.41) is 3.14. The van der Waals surface area contributed by atoms with Crippen molar-refractivity contribution in [2.75, 3.05) is 13.2 Å². The summed E-state index contributed by atoms with van der Waals surface area (Å²) in [4.78, 5) is 4.37. The molecule has 84 valence electrons. The molecular formula is C10H16N2OS2. The highest BCUT2D eigenvalue weighted by Gasteiger charge is 2.43. The Morgan fingerprint density at radius 1 is 1.53 bits per heavy atom. The zero-order valence-electron chi connectivity index (χ0n) is 9.24. The van der Waals surface area contributed by atoms with Crippen LogP contribution in [-0.4, -0.2) is 22.9 Å². The van der Waals surface area contributed by atoms with Crippen LogP contribution < -0.4 is 4.72 Å². The van der Waals surface area contributed by atoms with Gasteiger partial charge in [0.25, 0.3) is 0 Å². The molecule has 0 atom stereocenters. The maximum Gasteiger partial charge on any atom is 0.127 e. The quantitative estimate of drug-likeness (QED) is 0.828. The lowest BCUT2D eigenvalue weighted by Crippen LogP contribution is -2.55. The molecule has 2 rings (SSSR count). The topological polar surface area (TPSA) is 34.2 Å². The molecule has 0 amide bonds. The molecule has 0 unspecified atom stereocenters. The van der Waals surface area contributed by atoms with Crippen LogP contribution in [0.15, 0.2) is 11.6 Å². The maximum atomic E-state index is 5.32. The van der Waals surface area contributed by atoms with Crippen LogP contribution in [0.4, 0.5) is 0 Å². The normalized spacial score (nSPS) is 19.9. The van der Waals surface area contributed by atoms with Crippen molar-refractivity contribution in [1.82, 2.24) is 9.71 Å². The minimum atomic E-state index is -0.0495. The van der Waals surface area contributed by atoms with Gasteiger partial charge in [-0.3, -0.25) is 0 Å². The summed E-state index contributed by atoms with van der Waals surface area (Å²) in [6.45, 7) is 8.03. The van der Waals surface area contributed by atoms with Gasteiger partial charge in [-0.15, -0.1) is 11.3 Å². The molecule has 1 N–H and O–H groups in total. The molecule has 3 nitrogen and oxygen atoms in total. The van der Waals surface area contributed by atoms with Crippen molar-refractivity contribution in [2.24, 2.45) is 0 Å². The summed E-state index contributed by atoms with van der Waals surface area (Å²) >= 11 is 3.44. The first kappa shape index (κ1) is 11.4. The van der Waals surface area contributed by atoms with E-state index >= 15 is 0 Å². The van der Waals surface area contributed by atoms with Gasteiger partial charge in [-0.2, -0.15) is 0 Å². The third-order valence-corrected chi connectivity index (χ3v) is 4.17. The Morgan fingerprint density at radius 2 is 2.27 bits per heavy atom. The first-order valence-corrected chi connectivity index (χ1v) is 6.64. The highest BCUT2D eigenvalue weighted by Crippen LogP contribution is 2.35. The lowest BCUT2D eigenvalue weighted by molar-refractivity contribution is -0.0652. The third-order valence-electron chi connectivity index (χ3n) is 2.09. The van der Waals surface area contributed by atoms with Crippen molar-refractivity contribution in [3.63, 3.8) is 0 Å². The van der Waals surface area contributed by atoms with Gasteiger partial charge in [0, 0.05) is 16.3 Å². The monoisotopic (exact) mass is 244 g/mol. The molecule has 0 bridgehead atoms. The maximum absolute atomic E-state index is 5.32. The zero-order valence-corrected chi connectivity index (χ0v) is 10.9. The summed E-state index contributed by atoms with van der Waals surface area (Å²) in [6.07, 6.45) is 1.85. The van der Waals surface area contributed by atoms with Gasteiger partial charge >= 0.3 is 0 Å². The molecular weight excluding hydrogens is 228 g/mol. The minimum Gasteiger partial charge on any atom is -0.376 e. The summed E-state index contributed by atoms with van der Waals surface area (Å²) in [6, 6.07) is 0. The molecule has 1 fully saturated rings. The number of hydrogen-bond acceptors (Lipinski definition) is 5. The Hall–Kier alpha value is -0.100. The standard InChI is InChI=1S/C10H16N2OS2/c1-9(2,3)15-12-10(6-13-7-10)8-11-4-5-14-8/h4-5,12H,6-7H2,1-3H3. The number of hydrogen-bond donors (Lipinski definition) is 1. The second-order valence-electron chi connectivity index (χ2n) is 4.73. The zero-order chi connectivity index (χ0) is 10.9. The van der Waals surface area contributed by atoms with Gasteiger partial charge in [-0.05, 0) is 20.8 Å². The van der Waals surface area contributed by atoms with Gasteiger partial charge in [0.05, 0.1) is 13.2 Å². The Morgan fingerprint density at radius 3 is 2.67 bits per heavy atom. The summed E-state index contributed by atoms with van der Waals surface area (Å²) in [5.74, 6) is 0. The summed E-state index contributed by atoms with van der Waals surface area (Å²) in [5.41, 5.74) is -0.0495. The second-order valence-corrected chi connectivity index (χ2v) is 7.26. The van der Waals surface area contributed by atoms with Crippen LogP contribution >= 0.6 is 23.3 Å². The van der Waals surface area contributed by atoms with Gasteiger partial charge in [0.15, 0.2) is 0 Å². The van der Waals surface area contributed by atoms with Crippen LogP contribution in [0.5, 0.6) is 0 Å². The van der Waals surface area contributed by atoms with Crippen molar-refractivity contribution in [3.8, 4) is 0 Å². The van der Waals surface area contributed by atoms with Crippen LogP contribution in [-0.2, 0) is 10.3 Å². The van der Waals surface area contributed by atoms with Crippen molar-refractivity contribution in [1.29, 1.82) is 0 Å². The molecule has 1 saturated heterocycles. The summed E-state index contributed by atoms with van der Waals surface area (Å²) < 4.78 is 9.04. The number of aromatic nitrogens is 1. The van der Waals surface area contributed by atoms with E-state index in [-0.39, 0.29) is 10.3 Å². The molecule has 1 aromatic heterocycles. The number of nitrogens with one attached hydrogen (secondary N) is 1. The van der Waals surface area contributed by atoms with E-state index in [1.54, 1.807) is 23.3 Å². The first-order chi connectivity index (χ1) is 7.02. The first-order valence-electron chi connectivity index (χ1n) is 4.95. The van der Waals surface area contributed by atoms with E-state index in [4.69, 9.17) is 4.74 Å². The fourth-order valence-corrected chi connectivity index (χ4v) is 2.79. The Labute approximate surface area is 98.8 Å². The molecule has 1 aliphatic rings. The molecule has 0 saturated carbocycles. The van der Waals surface area contributed by atoms with Crippen molar-refractivity contribution >= 4 is 23.3 Å². The van der Waals surface area contributed by atoms with Crippen molar-refractivity contribution in [2.45, 2.75) is 31.1 Å². The number of thiazole rings is 1. The van der Waals surface area contributed by atoms with Gasteiger partial charge in [-0.1, -0.05) is 11.9 Å². The summed E-state index contributed by atoms with van der Waals surface area (Å²) in [7, 11) is 0. The molecule has 0 radical (unpaired) electrons. The molecule has 0 aliphatic carbocycles. The van der Waals surface area contributed by atoms with E-state index < -0.39 is 0 Å². The lowest BCUT2D eigenvalue weighted by Gasteiger charge is -2.41. The molecule has 1 aromatic rings. The molecule has 15 heavy (non-hydrogen) atoms. The fourth-order valence-electron chi connectivity index (χ4n) is 1.24. The predicted molar refractivity (Wildman–Crippen MR) is 65.1 cm³/mol. The largest absolute Gasteiger partial charge is 0.376 e. The van der Waals surface area contributed by atoms with Gasteiger partial charge in [0.1, 0.15) is 10.5 Å². The Kier molecular flexibility index (Phi) is 3.07.